The van der Waals surface area contributed by atoms with Gasteiger partial charge < -0.3 is 9.84 Å². The van der Waals surface area contributed by atoms with Crippen molar-refractivity contribution in [2.75, 3.05) is 13.1 Å². The lowest BCUT2D eigenvalue weighted by atomic mass is 9.99. The van der Waals surface area contributed by atoms with Crippen LogP contribution in [0, 0.1) is 0 Å². The first-order valence-corrected chi connectivity index (χ1v) is 7.66. The zero-order valence-corrected chi connectivity index (χ0v) is 12.9. The molecule has 0 aliphatic carbocycles. The zero-order chi connectivity index (χ0) is 15.0. The van der Waals surface area contributed by atoms with Gasteiger partial charge in [0, 0.05) is 30.1 Å². The quantitative estimate of drug-likeness (QED) is 0.913. The first kappa shape index (κ1) is 14.4. The molecular weight excluding hydrogens is 262 g/mol. The Hall–Kier alpha value is -1.58. The summed E-state index contributed by atoms with van der Waals surface area (Å²) < 4.78 is 5.80. The summed E-state index contributed by atoms with van der Waals surface area (Å²) in [5.41, 5.74) is 0.995. The third-order valence-corrected chi connectivity index (χ3v) is 4.38. The normalized spacial score (nSPS) is 25.1. The predicted octanol–water partition coefficient (Wildman–Crippen LogP) is 3.72. The van der Waals surface area contributed by atoms with Crippen LogP contribution in [-0.2, 0) is 4.74 Å². The van der Waals surface area contributed by atoms with E-state index in [1.807, 2.05) is 30.3 Å². The van der Waals surface area contributed by atoms with E-state index in [-0.39, 0.29) is 18.2 Å². The summed E-state index contributed by atoms with van der Waals surface area (Å²) >= 11 is 0. The number of ether oxygens (including phenoxy) is 1. The van der Waals surface area contributed by atoms with Crippen molar-refractivity contribution in [2.24, 2.45) is 0 Å². The molecule has 3 atom stereocenters. The van der Waals surface area contributed by atoms with Crippen LogP contribution in [0.25, 0.3) is 10.8 Å². The van der Waals surface area contributed by atoms with Crippen molar-refractivity contribution in [3.63, 3.8) is 0 Å². The first-order chi connectivity index (χ1) is 10.1. The minimum absolute atomic E-state index is 0.184. The number of hydrogen-bond acceptors (Lipinski definition) is 3. The van der Waals surface area contributed by atoms with Gasteiger partial charge in [-0.2, -0.15) is 0 Å². The van der Waals surface area contributed by atoms with E-state index in [9.17, 15) is 5.11 Å². The van der Waals surface area contributed by atoms with Gasteiger partial charge >= 0.3 is 0 Å². The Bertz CT molecular complexity index is 630. The SMILES string of the molecule is CC(c1ccc2ccccc2c1O)N1C[C@@H](C)O[C@@H](C)C1. The van der Waals surface area contributed by atoms with Crippen LogP contribution >= 0.6 is 0 Å². The molecule has 2 aromatic carbocycles. The average Bonchev–Trinajstić information content (AvgIpc) is 2.46. The number of aromatic hydroxyl groups is 1. The van der Waals surface area contributed by atoms with Crippen molar-refractivity contribution in [1.29, 1.82) is 0 Å². The maximum atomic E-state index is 10.6. The van der Waals surface area contributed by atoms with Crippen molar-refractivity contribution >= 4 is 10.8 Å². The number of rotatable bonds is 2. The van der Waals surface area contributed by atoms with E-state index in [2.05, 4.69) is 31.7 Å². The Morgan fingerprint density at radius 3 is 2.48 bits per heavy atom. The van der Waals surface area contributed by atoms with Crippen molar-refractivity contribution in [2.45, 2.75) is 39.0 Å². The summed E-state index contributed by atoms with van der Waals surface area (Å²) in [7, 11) is 0. The van der Waals surface area contributed by atoms with Gasteiger partial charge in [0.2, 0.25) is 0 Å². The van der Waals surface area contributed by atoms with Gasteiger partial charge in [-0.15, -0.1) is 0 Å². The third-order valence-electron chi connectivity index (χ3n) is 4.38. The molecule has 21 heavy (non-hydrogen) atoms. The Kier molecular flexibility index (Phi) is 3.87. The van der Waals surface area contributed by atoms with Crippen LogP contribution in [0.3, 0.4) is 0 Å². The first-order valence-electron chi connectivity index (χ1n) is 7.66. The minimum atomic E-state index is 0.184. The zero-order valence-electron chi connectivity index (χ0n) is 12.9. The molecule has 3 nitrogen and oxygen atoms in total. The largest absolute Gasteiger partial charge is 0.507 e. The Morgan fingerprint density at radius 2 is 1.76 bits per heavy atom. The standard InChI is InChI=1S/C18H23NO2/c1-12-10-19(11-13(2)21-12)14(3)16-9-8-15-6-4-5-7-17(15)18(16)20/h4-9,12-14,20H,10-11H2,1-3H3/t12-,13+,14?. The smallest absolute Gasteiger partial charge is 0.128 e. The summed E-state index contributed by atoms with van der Waals surface area (Å²) in [4.78, 5) is 2.39. The van der Waals surface area contributed by atoms with Gasteiger partial charge in [0.05, 0.1) is 12.2 Å². The fourth-order valence-electron chi connectivity index (χ4n) is 3.34. The molecule has 3 heteroatoms. The lowest BCUT2D eigenvalue weighted by molar-refractivity contribution is -0.0791. The van der Waals surface area contributed by atoms with Gasteiger partial charge in [-0.05, 0) is 26.2 Å². The number of fused-ring (bicyclic) bond motifs is 1. The number of nitrogens with zero attached hydrogens (tertiary/aromatic N) is 1. The van der Waals surface area contributed by atoms with E-state index < -0.39 is 0 Å². The van der Waals surface area contributed by atoms with Crippen LogP contribution in [0.1, 0.15) is 32.4 Å². The molecule has 0 bridgehead atoms. The lowest BCUT2D eigenvalue weighted by Gasteiger charge is -2.39. The molecule has 1 aliphatic heterocycles. The summed E-state index contributed by atoms with van der Waals surface area (Å²) in [6.45, 7) is 8.18. The molecule has 0 amide bonds. The number of phenolic OH excluding ortho intramolecular Hbond substituents is 1. The van der Waals surface area contributed by atoms with Gasteiger partial charge in [0.25, 0.3) is 0 Å². The van der Waals surface area contributed by atoms with Gasteiger partial charge in [-0.1, -0.05) is 36.4 Å². The number of benzene rings is 2. The van der Waals surface area contributed by atoms with Gasteiger partial charge in [-0.25, -0.2) is 0 Å². The molecule has 1 saturated heterocycles. The van der Waals surface area contributed by atoms with Crippen molar-refractivity contribution in [3.05, 3.63) is 42.0 Å². The minimum Gasteiger partial charge on any atom is -0.507 e. The maximum absolute atomic E-state index is 10.6. The van der Waals surface area contributed by atoms with Crippen LogP contribution in [0.15, 0.2) is 36.4 Å². The van der Waals surface area contributed by atoms with E-state index in [1.165, 1.54) is 0 Å². The summed E-state index contributed by atoms with van der Waals surface area (Å²) in [6.07, 6.45) is 0.470. The van der Waals surface area contributed by atoms with Crippen LogP contribution in [0.4, 0.5) is 0 Å². The Balaban J connectivity index is 1.94. The second kappa shape index (κ2) is 5.66. The molecule has 0 saturated carbocycles. The van der Waals surface area contributed by atoms with Crippen LogP contribution in [0.5, 0.6) is 5.75 Å². The maximum Gasteiger partial charge on any atom is 0.128 e. The van der Waals surface area contributed by atoms with Crippen LogP contribution in [0.2, 0.25) is 0 Å². The van der Waals surface area contributed by atoms with Gasteiger partial charge in [-0.3, -0.25) is 4.90 Å². The highest BCUT2D eigenvalue weighted by atomic mass is 16.5. The third kappa shape index (κ3) is 2.76. The highest BCUT2D eigenvalue weighted by Gasteiger charge is 2.27. The lowest BCUT2D eigenvalue weighted by Crippen LogP contribution is -2.46. The number of morpholine rings is 1. The summed E-state index contributed by atoms with van der Waals surface area (Å²) in [6, 6.07) is 12.3. The number of hydrogen-bond donors (Lipinski definition) is 1. The Morgan fingerprint density at radius 1 is 1.10 bits per heavy atom. The molecule has 0 radical (unpaired) electrons. The molecule has 1 aliphatic rings. The molecule has 112 valence electrons. The van der Waals surface area contributed by atoms with E-state index in [0.717, 1.165) is 29.4 Å². The molecule has 3 rings (SSSR count). The molecular formula is C18H23NO2. The molecule has 1 N–H and O–H groups in total. The molecule has 2 aromatic rings. The second-order valence-electron chi connectivity index (χ2n) is 6.11. The monoisotopic (exact) mass is 285 g/mol. The molecule has 0 aromatic heterocycles. The molecule has 0 spiro atoms. The van der Waals surface area contributed by atoms with Crippen LogP contribution < -0.4 is 0 Å². The highest BCUT2D eigenvalue weighted by molar-refractivity contribution is 5.89. The Labute approximate surface area is 126 Å². The topological polar surface area (TPSA) is 32.7 Å². The fraction of sp³-hybridized carbons (Fsp3) is 0.444. The van der Waals surface area contributed by atoms with Gasteiger partial charge in [0.15, 0.2) is 0 Å². The molecule has 1 unspecified atom stereocenters. The van der Waals surface area contributed by atoms with E-state index >= 15 is 0 Å². The average molecular weight is 285 g/mol. The van der Waals surface area contributed by atoms with E-state index in [1.54, 1.807) is 0 Å². The van der Waals surface area contributed by atoms with Crippen molar-refractivity contribution in [3.8, 4) is 5.75 Å². The van der Waals surface area contributed by atoms with Crippen LogP contribution in [-0.4, -0.2) is 35.3 Å². The summed E-state index contributed by atoms with van der Waals surface area (Å²) in [5, 5.41) is 12.6. The number of phenols is 1. The van der Waals surface area contributed by atoms with Crippen molar-refractivity contribution in [1.82, 2.24) is 4.90 Å². The van der Waals surface area contributed by atoms with E-state index in [4.69, 9.17) is 4.74 Å². The summed E-state index contributed by atoms with van der Waals surface area (Å²) in [5.74, 6) is 0.410. The van der Waals surface area contributed by atoms with Crippen molar-refractivity contribution < 1.29 is 9.84 Å². The molecule has 1 fully saturated rings. The van der Waals surface area contributed by atoms with Gasteiger partial charge in [0.1, 0.15) is 5.75 Å². The second-order valence-corrected chi connectivity index (χ2v) is 6.11. The van der Waals surface area contributed by atoms with E-state index in [0.29, 0.717) is 5.75 Å². The molecule has 1 heterocycles. The highest BCUT2D eigenvalue weighted by Crippen LogP contribution is 2.35. The predicted molar refractivity (Wildman–Crippen MR) is 85.6 cm³/mol. The fourth-order valence-corrected chi connectivity index (χ4v) is 3.34.